The molecule has 0 heterocycles. The van der Waals surface area contributed by atoms with Crippen molar-refractivity contribution >= 4 is 63.3 Å². The Kier molecular flexibility index (Phi) is 20.7. The molecule has 0 spiro atoms. The molecule has 0 bridgehead atoms. The van der Waals surface area contributed by atoms with E-state index in [1.165, 1.54) is 0 Å². The monoisotopic (exact) mass is 174 g/mol. The number of Topliss-reactive ketones (excluding diaryl/α,β-unsaturated/α-hetero) is 1. The molecule has 0 unspecified atom stereocenters. The summed E-state index contributed by atoms with van der Waals surface area (Å²) in [5.41, 5.74) is 0. The van der Waals surface area contributed by atoms with E-state index in [4.69, 9.17) is 15.0 Å². The predicted octanol–water partition coefficient (Wildman–Crippen LogP) is 0.559. The zero-order chi connectivity index (χ0) is 7.86. The summed E-state index contributed by atoms with van der Waals surface area (Å²) in [5.74, 6) is 0.255. The van der Waals surface area contributed by atoms with Gasteiger partial charge in [0.15, 0.2) is 0 Å². The van der Waals surface area contributed by atoms with E-state index in [-0.39, 0.29) is 57.2 Å². The van der Waals surface area contributed by atoms with E-state index in [1.54, 1.807) is 6.92 Å². The Morgan fingerprint density at radius 3 is 1.40 bits per heavy atom. The second-order valence-electron chi connectivity index (χ2n) is 1.34. The number of hydrogen-bond acceptors (Lipinski definition) is 2. The average Bonchev–Trinajstić information content (AvgIpc) is 1.65. The zero-order valence-corrected chi connectivity index (χ0v) is 5.42. The second-order valence-corrected chi connectivity index (χ2v) is 1.34. The van der Waals surface area contributed by atoms with Gasteiger partial charge in [-0.15, -0.1) is 0 Å². The molecule has 0 saturated carbocycles. The number of hydrogen-bond donors (Lipinski definition) is 2. The van der Waals surface area contributed by atoms with Crippen LogP contribution in [0.25, 0.3) is 0 Å². The van der Waals surface area contributed by atoms with Crippen LogP contribution in [0.3, 0.4) is 0 Å². The quantitative estimate of drug-likeness (QED) is 0.569. The zero-order valence-electron chi connectivity index (χ0n) is 5.42. The van der Waals surface area contributed by atoms with E-state index in [1.807, 2.05) is 6.92 Å². The van der Waals surface area contributed by atoms with Crippen LogP contribution in [0.4, 0.5) is 4.79 Å². The van der Waals surface area contributed by atoms with Crippen molar-refractivity contribution in [3.8, 4) is 0 Å². The Bertz CT molecular complexity index is 97.8. The minimum atomic E-state index is -1.83. The van der Waals surface area contributed by atoms with Crippen molar-refractivity contribution in [1.82, 2.24) is 0 Å². The van der Waals surface area contributed by atoms with Gasteiger partial charge in [-0.2, -0.15) is 0 Å². The second kappa shape index (κ2) is 12.3. The van der Waals surface area contributed by atoms with Crippen LogP contribution >= 0.6 is 0 Å². The topological polar surface area (TPSA) is 74.6 Å². The fourth-order valence-corrected chi connectivity index (χ4v) is 0. The van der Waals surface area contributed by atoms with Gasteiger partial charge in [-0.25, -0.2) is 4.79 Å². The van der Waals surface area contributed by atoms with Crippen LogP contribution in [0.1, 0.15) is 20.3 Å². The van der Waals surface area contributed by atoms with E-state index in [2.05, 4.69) is 0 Å². The SMILES string of the molecule is CCC(C)=O.O=C(O)O.[KH]. The first-order valence-electron chi connectivity index (χ1n) is 2.42. The number of ketones is 1. The van der Waals surface area contributed by atoms with E-state index in [0.29, 0.717) is 6.42 Å². The molecule has 0 aromatic carbocycles. The van der Waals surface area contributed by atoms with E-state index >= 15 is 0 Å². The summed E-state index contributed by atoms with van der Waals surface area (Å²) in [6.45, 7) is 3.43. The third-order valence-corrected chi connectivity index (χ3v) is 0.498. The Morgan fingerprint density at radius 2 is 1.40 bits per heavy atom. The molecule has 10 heavy (non-hydrogen) atoms. The molecular formula is C5H11KO4. The maximum atomic E-state index is 9.81. The molecule has 0 aliphatic carbocycles. The van der Waals surface area contributed by atoms with E-state index < -0.39 is 6.16 Å². The van der Waals surface area contributed by atoms with Crippen LogP contribution in [-0.2, 0) is 4.79 Å². The Morgan fingerprint density at radius 1 is 1.30 bits per heavy atom. The summed E-state index contributed by atoms with van der Waals surface area (Å²) in [5, 5.41) is 13.9. The van der Waals surface area contributed by atoms with Crippen LogP contribution in [0.5, 0.6) is 0 Å². The Balaban J connectivity index is -0.0000000910. The average molecular weight is 174 g/mol. The molecule has 2 N–H and O–H groups in total. The summed E-state index contributed by atoms with van der Waals surface area (Å²) in [7, 11) is 0. The molecule has 0 amide bonds. The molecule has 0 aliphatic rings. The normalized spacial score (nSPS) is 6.20. The summed E-state index contributed by atoms with van der Waals surface area (Å²) in [4.78, 5) is 18.4. The molecule has 0 aromatic rings. The molecule has 0 aliphatic heterocycles. The molecule has 0 radical (unpaired) electrons. The fourth-order valence-electron chi connectivity index (χ4n) is 0. The first kappa shape index (κ1) is 16.9. The third kappa shape index (κ3) is 74.2. The molecular weight excluding hydrogens is 163 g/mol. The van der Waals surface area contributed by atoms with Gasteiger partial charge in [0.2, 0.25) is 0 Å². The minimum absolute atomic E-state index is 0. The van der Waals surface area contributed by atoms with Gasteiger partial charge in [-0.05, 0) is 6.92 Å². The predicted molar refractivity (Wildman–Crippen MR) is 38.8 cm³/mol. The van der Waals surface area contributed by atoms with Crippen molar-refractivity contribution in [2.45, 2.75) is 20.3 Å². The van der Waals surface area contributed by atoms with Gasteiger partial charge in [0.1, 0.15) is 5.78 Å². The molecule has 0 aromatic heterocycles. The van der Waals surface area contributed by atoms with Gasteiger partial charge < -0.3 is 15.0 Å². The fraction of sp³-hybridized carbons (Fsp3) is 0.600. The van der Waals surface area contributed by atoms with Crippen LogP contribution < -0.4 is 0 Å². The number of carbonyl (C=O) groups is 2. The Labute approximate surface area is 102 Å². The van der Waals surface area contributed by atoms with Crippen LogP contribution in [0.15, 0.2) is 0 Å². The van der Waals surface area contributed by atoms with Crippen LogP contribution in [-0.4, -0.2) is 73.5 Å². The maximum absolute atomic E-state index is 9.81. The first-order valence-corrected chi connectivity index (χ1v) is 2.42. The third-order valence-electron chi connectivity index (χ3n) is 0.498. The molecule has 0 rings (SSSR count). The van der Waals surface area contributed by atoms with Crippen molar-refractivity contribution in [1.29, 1.82) is 0 Å². The molecule has 0 fully saturated rings. The molecule has 4 nitrogen and oxygen atoms in total. The summed E-state index contributed by atoms with van der Waals surface area (Å²) in [6, 6.07) is 0. The molecule has 5 heteroatoms. The molecule has 0 saturated heterocycles. The van der Waals surface area contributed by atoms with Gasteiger partial charge in [0, 0.05) is 6.42 Å². The van der Waals surface area contributed by atoms with Gasteiger partial charge in [0.05, 0.1) is 0 Å². The summed E-state index contributed by atoms with van der Waals surface area (Å²) < 4.78 is 0. The number of rotatable bonds is 1. The van der Waals surface area contributed by atoms with Crippen molar-refractivity contribution in [2.75, 3.05) is 0 Å². The van der Waals surface area contributed by atoms with Crippen LogP contribution in [0.2, 0.25) is 0 Å². The molecule has 56 valence electrons. The first-order chi connectivity index (χ1) is 4.00. The number of carboxylic acid groups (broad SMARTS) is 2. The standard InChI is InChI=1S/C4H8O.CH2O3.K.H/c1-3-4(2)5;2-1(3)4;;/h3H2,1-2H3;(H2,2,3,4);;. The Hall–Kier alpha value is 0.576. The van der Waals surface area contributed by atoms with Gasteiger partial charge >= 0.3 is 57.5 Å². The van der Waals surface area contributed by atoms with Crippen molar-refractivity contribution < 1.29 is 19.8 Å². The van der Waals surface area contributed by atoms with Crippen molar-refractivity contribution in [2.24, 2.45) is 0 Å². The summed E-state index contributed by atoms with van der Waals surface area (Å²) in [6.07, 6.45) is -1.17. The van der Waals surface area contributed by atoms with Crippen molar-refractivity contribution in [3.05, 3.63) is 0 Å². The van der Waals surface area contributed by atoms with Gasteiger partial charge in [-0.1, -0.05) is 6.92 Å². The van der Waals surface area contributed by atoms with E-state index in [0.717, 1.165) is 0 Å². The number of carbonyl (C=O) groups excluding carboxylic acids is 1. The summed E-state index contributed by atoms with van der Waals surface area (Å²) >= 11 is 0. The van der Waals surface area contributed by atoms with Gasteiger partial charge in [-0.3, -0.25) is 0 Å². The molecule has 0 atom stereocenters. The van der Waals surface area contributed by atoms with Crippen molar-refractivity contribution in [3.63, 3.8) is 0 Å². The van der Waals surface area contributed by atoms with E-state index in [9.17, 15) is 4.79 Å². The van der Waals surface area contributed by atoms with Gasteiger partial charge in [0.25, 0.3) is 0 Å². The van der Waals surface area contributed by atoms with Crippen LogP contribution in [0, 0.1) is 0 Å².